The fourth-order valence-electron chi connectivity index (χ4n) is 2.37. The Balaban J connectivity index is 2.63. The van der Waals surface area contributed by atoms with Crippen molar-refractivity contribution in [3.63, 3.8) is 0 Å². The van der Waals surface area contributed by atoms with Gasteiger partial charge in [0.05, 0.1) is 0 Å². The summed E-state index contributed by atoms with van der Waals surface area (Å²) < 4.78 is 0. The zero-order valence-corrected chi connectivity index (χ0v) is 10.9. The van der Waals surface area contributed by atoms with Crippen LogP contribution < -0.4 is 0 Å². The van der Waals surface area contributed by atoms with Gasteiger partial charge in [-0.2, -0.15) is 0 Å². The first-order valence-electron chi connectivity index (χ1n) is 6.59. The van der Waals surface area contributed by atoms with E-state index in [1.807, 2.05) is 0 Å². The van der Waals surface area contributed by atoms with Crippen LogP contribution in [0.1, 0.15) is 39.2 Å². The first-order chi connectivity index (χ1) is 7.81. The molecule has 0 fully saturated rings. The van der Waals surface area contributed by atoms with E-state index in [1.165, 1.54) is 24.8 Å². The van der Waals surface area contributed by atoms with Gasteiger partial charge in [-0.25, -0.2) is 0 Å². The Morgan fingerprint density at radius 1 is 1.00 bits per heavy atom. The summed E-state index contributed by atoms with van der Waals surface area (Å²) in [5.74, 6) is 0. The second kappa shape index (κ2) is 7.45. The van der Waals surface area contributed by atoms with Crippen molar-refractivity contribution in [1.29, 1.82) is 0 Å². The minimum absolute atomic E-state index is 0.711. The largest absolute Gasteiger partial charge is 0.301 e. The average molecular weight is 219 g/mol. The van der Waals surface area contributed by atoms with Crippen LogP contribution in [-0.4, -0.2) is 24.0 Å². The van der Waals surface area contributed by atoms with Crippen molar-refractivity contribution in [3.05, 3.63) is 35.9 Å². The molecule has 1 rings (SSSR count). The number of likely N-dealkylation sites (N-methyl/N-ethyl adjacent to an activating group) is 1. The Kier molecular flexibility index (Phi) is 6.17. The Morgan fingerprint density at radius 2 is 1.62 bits per heavy atom. The van der Waals surface area contributed by atoms with E-state index in [0.717, 1.165) is 13.1 Å². The van der Waals surface area contributed by atoms with Crippen molar-refractivity contribution in [1.82, 2.24) is 4.90 Å². The maximum absolute atomic E-state index is 2.58. The van der Waals surface area contributed by atoms with Gasteiger partial charge in [-0.05, 0) is 31.5 Å². The van der Waals surface area contributed by atoms with Crippen LogP contribution in [0.15, 0.2) is 30.3 Å². The van der Waals surface area contributed by atoms with Gasteiger partial charge in [0.1, 0.15) is 0 Å². The summed E-state index contributed by atoms with van der Waals surface area (Å²) in [4.78, 5) is 2.58. The summed E-state index contributed by atoms with van der Waals surface area (Å²) in [6, 6.07) is 11.6. The highest BCUT2D eigenvalue weighted by Crippen LogP contribution is 2.13. The molecule has 1 nitrogen and oxygen atoms in total. The molecule has 0 aliphatic rings. The van der Waals surface area contributed by atoms with Crippen molar-refractivity contribution < 1.29 is 0 Å². The molecular weight excluding hydrogens is 194 g/mol. The molecule has 0 saturated carbocycles. The van der Waals surface area contributed by atoms with Gasteiger partial charge in [0.15, 0.2) is 0 Å². The summed E-state index contributed by atoms with van der Waals surface area (Å²) in [5.41, 5.74) is 1.47. The lowest BCUT2D eigenvalue weighted by molar-refractivity contribution is 0.203. The van der Waals surface area contributed by atoms with Crippen molar-refractivity contribution in [3.8, 4) is 0 Å². The number of hydrogen-bond acceptors (Lipinski definition) is 1. The lowest BCUT2D eigenvalue weighted by Crippen LogP contribution is -2.36. The van der Waals surface area contributed by atoms with Crippen molar-refractivity contribution in [2.45, 2.75) is 46.1 Å². The molecular formula is C15H25N. The van der Waals surface area contributed by atoms with E-state index in [-0.39, 0.29) is 0 Å². The maximum atomic E-state index is 2.58. The van der Waals surface area contributed by atoms with E-state index >= 15 is 0 Å². The maximum Gasteiger partial charge on any atom is 0.0135 e. The summed E-state index contributed by atoms with van der Waals surface area (Å²) in [6.07, 6.45) is 3.76. The molecule has 0 aliphatic heterocycles. The fourth-order valence-corrected chi connectivity index (χ4v) is 2.37. The molecule has 90 valence electrons. The molecule has 0 heterocycles. The molecule has 1 heteroatoms. The zero-order valence-electron chi connectivity index (χ0n) is 10.9. The van der Waals surface area contributed by atoms with Crippen LogP contribution in [-0.2, 0) is 6.42 Å². The molecule has 0 N–H and O–H groups in total. The molecule has 0 amide bonds. The average Bonchev–Trinajstić information content (AvgIpc) is 2.32. The van der Waals surface area contributed by atoms with Crippen LogP contribution in [0.25, 0.3) is 0 Å². The smallest absolute Gasteiger partial charge is 0.0135 e. The molecule has 1 aromatic carbocycles. The summed E-state index contributed by atoms with van der Waals surface area (Å²) in [7, 11) is 0. The van der Waals surface area contributed by atoms with Gasteiger partial charge in [0.25, 0.3) is 0 Å². The highest BCUT2D eigenvalue weighted by Gasteiger charge is 2.14. The summed E-state index contributed by atoms with van der Waals surface area (Å²) >= 11 is 0. The second-order valence-electron chi connectivity index (χ2n) is 4.35. The summed E-state index contributed by atoms with van der Waals surface area (Å²) in [6.45, 7) is 9.12. The van der Waals surface area contributed by atoms with Crippen LogP contribution in [0.2, 0.25) is 0 Å². The molecule has 0 bridgehead atoms. The van der Waals surface area contributed by atoms with Gasteiger partial charge in [-0.1, -0.05) is 57.5 Å². The Bertz CT molecular complexity index is 264. The molecule has 0 aliphatic carbocycles. The van der Waals surface area contributed by atoms with Gasteiger partial charge in [-0.15, -0.1) is 0 Å². The first-order valence-corrected chi connectivity index (χ1v) is 6.59. The van der Waals surface area contributed by atoms with Gasteiger partial charge in [-0.3, -0.25) is 0 Å². The van der Waals surface area contributed by atoms with E-state index < -0.39 is 0 Å². The van der Waals surface area contributed by atoms with Crippen LogP contribution in [0.4, 0.5) is 0 Å². The van der Waals surface area contributed by atoms with E-state index in [2.05, 4.69) is 56.0 Å². The monoisotopic (exact) mass is 219 g/mol. The Hall–Kier alpha value is -0.820. The van der Waals surface area contributed by atoms with Gasteiger partial charge >= 0.3 is 0 Å². The third-order valence-electron chi connectivity index (χ3n) is 3.26. The van der Waals surface area contributed by atoms with Gasteiger partial charge < -0.3 is 4.90 Å². The van der Waals surface area contributed by atoms with E-state index in [0.29, 0.717) is 6.04 Å². The predicted molar refractivity (Wildman–Crippen MR) is 71.8 cm³/mol. The highest BCUT2D eigenvalue weighted by atomic mass is 15.1. The molecule has 1 unspecified atom stereocenters. The molecule has 1 aromatic rings. The highest BCUT2D eigenvalue weighted by molar-refractivity contribution is 5.15. The van der Waals surface area contributed by atoms with Crippen LogP contribution in [0.3, 0.4) is 0 Å². The number of hydrogen-bond donors (Lipinski definition) is 0. The number of nitrogens with zero attached hydrogens (tertiary/aromatic N) is 1. The molecule has 0 saturated heterocycles. The number of rotatable bonds is 7. The first kappa shape index (κ1) is 13.2. The third kappa shape index (κ3) is 3.97. The van der Waals surface area contributed by atoms with Crippen LogP contribution >= 0.6 is 0 Å². The summed E-state index contributed by atoms with van der Waals surface area (Å²) in [5, 5.41) is 0. The van der Waals surface area contributed by atoms with Gasteiger partial charge in [0.2, 0.25) is 0 Å². The minimum Gasteiger partial charge on any atom is -0.301 e. The zero-order chi connectivity index (χ0) is 11.8. The normalized spacial score (nSPS) is 13.0. The SMILES string of the molecule is CCCC(Cc1ccccc1)N(CC)CC. The second-order valence-corrected chi connectivity index (χ2v) is 4.35. The molecule has 0 spiro atoms. The molecule has 1 atom stereocenters. The quantitative estimate of drug-likeness (QED) is 0.675. The topological polar surface area (TPSA) is 3.24 Å². The van der Waals surface area contributed by atoms with Gasteiger partial charge in [0, 0.05) is 6.04 Å². The fraction of sp³-hybridized carbons (Fsp3) is 0.600. The van der Waals surface area contributed by atoms with Crippen molar-refractivity contribution in [2.75, 3.05) is 13.1 Å². The molecule has 0 aromatic heterocycles. The lowest BCUT2D eigenvalue weighted by atomic mass is 10.0. The van der Waals surface area contributed by atoms with E-state index in [9.17, 15) is 0 Å². The van der Waals surface area contributed by atoms with Crippen LogP contribution in [0, 0.1) is 0 Å². The van der Waals surface area contributed by atoms with Crippen molar-refractivity contribution >= 4 is 0 Å². The molecule has 0 radical (unpaired) electrons. The molecule has 16 heavy (non-hydrogen) atoms. The lowest BCUT2D eigenvalue weighted by Gasteiger charge is -2.29. The van der Waals surface area contributed by atoms with E-state index in [4.69, 9.17) is 0 Å². The minimum atomic E-state index is 0.711. The Labute approximate surface area is 100 Å². The Morgan fingerprint density at radius 3 is 2.12 bits per heavy atom. The predicted octanol–water partition coefficient (Wildman–Crippen LogP) is 3.74. The van der Waals surface area contributed by atoms with Crippen LogP contribution in [0.5, 0.6) is 0 Å². The van der Waals surface area contributed by atoms with E-state index in [1.54, 1.807) is 0 Å². The van der Waals surface area contributed by atoms with Crippen molar-refractivity contribution in [2.24, 2.45) is 0 Å². The number of benzene rings is 1. The third-order valence-corrected chi connectivity index (χ3v) is 3.26. The standard InChI is InChI=1S/C15H25N/c1-4-10-15(16(5-2)6-3)13-14-11-8-7-9-12-14/h7-9,11-12,15H,4-6,10,13H2,1-3H3.